The highest BCUT2D eigenvalue weighted by molar-refractivity contribution is 5.84. The summed E-state index contributed by atoms with van der Waals surface area (Å²) in [6.07, 6.45) is 1.92. The molecule has 0 saturated carbocycles. The Morgan fingerprint density at radius 2 is 1.79 bits per heavy atom. The molecule has 1 N–H and O–H groups in total. The molecular weight excluding hydrogens is 234 g/mol. The van der Waals surface area contributed by atoms with Gasteiger partial charge in [0.2, 0.25) is 0 Å². The van der Waals surface area contributed by atoms with Crippen molar-refractivity contribution in [1.82, 2.24) is 15.1 Å². The fourth-order valence-corrected chi connectivity index (χ4v) is 2.82. The minimum atomic E-state index is 0.984. The van der Waals surface area contributed by atoms with Gasteiger partial charge in [-0.1, -0.05) is 18.2 Å². The standard InChI is InChI=1S/C16H15N3/c1-19-16-5-4-12(7-15(16)10-18-19)11-2-3-13-8-17-9-14(13)6-11/h2-7,10,17H,8-9H2,1H3. The Bertz CT molecular complexity index is 771. The van der Waals surface area contributed by atoms with E-state index in [2.05, 4.69) is 46.8 Å². The monoisotopic (exact) mass is 249 g/mol. The van der Waals surface area contributed by atoms with Crippen molar-refractivity contribution in [1.29, 1.82) is 0 Å². The first-order chi connectivity index (χ1) is 9.31. The van der Waals surface area contributed by atoms with Crippen LogP contribution in [0, 0.1) is 0 Å². The van der Waals surface area contributed by atoms with Crippen LogP contribution in [0.25, 0.3) is 22.0 Å². The number of hydrogen-bond donors (Lipinski definition) is 1. The van der Waals surface area contributed by atoms with Gasteiger partial charge in [0.15, 0.2) is 0 Å². The van der Waals surface area contributed by atoms with Crippen LogP contribution in [0.3, 0.4) is 0 Å². The lowest BCUT2D eigenvalue weighted by Gasteiger charge is -2.05. The van der Waals surface area contributed by atoms with Gasteiger partial charge in [0.1, 0.15) is 0 Å². The number of benzene rings is 2. The van der Waals surface area contributed by atoms with E-state index >= 15 is 0 Å². The lowest BCUT2D eigenvalue weighted by atomic mass is 10.00. The third-order valence-electron chi connectivity index (χ3n) is 3.92. The fraction of sp³-hybridized carbons (Fsp3) is 0.188. The zero-order chi connectivity index (χ0) is 12.8. The maximum absolute atomic E-state index is 4.30. The topological polar surface area (TPSA) is 29.9 Å². The molecule has 4 rings (SSSR count). The van der Waals surface area contributed by atoms with Crippen LogP contribution in [0.1, 0.15) is 11.1 Å². The highest BCUT2D eigenvalue weighted by Crippen LogP contribution is 2.27. The first kappa shape index (κ1) is 10.8. The van der Waals surface area contributed by atoms with E-state index in [4.69, 9.17) is 0 Å². The Balaban J connectivity index is 1.85. The van der Waals surface area contributed by atoms with Crippen molar-refractivity contribution >= 4 is 10.9 Å². The molecule has 0 spiro atoms. The van der Waals surface area contributed by atoms with E-state index in [0.717, 1.165) is 13.1 Å². The first-order valence-corrected chi connectivity index (χ1v) is 6.56. The van der Waals surface area contributed by atoms with E-state index in [1.54, 1.807) is 0 Å². The predicted octanol–water partition coefficient (Wildman–Crippen LogP) is 2.84. The molecule has 0 atom stereocenters. The number of hydrogen-bond acceptors (Lipinski definition) is 2. The smallest absolute Gasteiger partial charge is 0.0679 e. The third-order valence-corrected chi connectivity index (χ3v) is 3.92. The Morgan fingerprint density at radius 3 is 2.74 bits per heavy atom. The number of fused-ring (bicyclic) bond motifs is 2. The fourth-order valence-electron chi connectivity index (χ4n) is 2.82. The van der Waals surface area contributed by atoms with Crippen LogP contribution in [-0.2, 0) is 20.1 Å². The summed E-state index contributed by atoms with van der Waals surface area (Å²) in [6.45, 7) is 1.98. The lowest BCUT2D eigenvalue weighted by molar-refractivity contribution is 0.765. The van der Waals surface area contributed by atoms with Crippen molar-refractivity contribution in [3.05, 3.63) is 53.7 Å². The third kappa shape index (κ3) is 1.66. The first-order valence-electron chi connectivity index (χ1n) is 6.56. The van der Waals surface area contributed by atoms with E-state index in [1.807, 2.05) is 17.9 Å². The number of nitrogens with zero attached hydrogens (tertiary/aromatic N) is 2. The number of aromatic nitrogens is 2. The zero-order valence-corrected chi connectivity index (χ0v) is 10.9. The van der Waals surface area contributed by atoms with Crippen molar-refractivity contribution in [2.45, 2.75) is 13.1 Å². The summed E-state index contributed by atoms with van der Waals surface area (Å²) in [7, 11) is 1.98. The van der Waals surface area contributed by atoms with Crippen LogP contribution in [-0.4, -0.2) is 9.78 Å². The van der Waals surface area contributed by atoms with Crippen molar-refractivity contribution in [3.8, 4) is 11.1 Å². The average molecular weight is 249 g/mol. The normalized spacial score (nSPS) is 13.9. The summed E-state index contributed by atoms with van der Waals surface area (Å²) in [5.74, 6) is 0. The summed E-state index contributed by atoms with van der Waals surface area (Å²) in [5, 5.41) is 8.87. The van der Waals surface area contributed by atoms with Crippen molar-refractivity contribution in [2.24, 2.45) is 7.05 Å². The van der Waals surface area contributed by atoms with E-state index in [0.29, 0.717) is 0 Å². The van der Waals surface area contributed by atoms with Crippen molar-refractivity contribution in [2.75, 3.05) is 0 Å². The highest BCUT2D eigenvalue weighted by atomic mass is 15.2. The molecule has 0 radical (unpaired) electrons. The summed E-state index contributed by atoms with van der Waals surface area (Å²) in [6, 6.07) is 13.3. The molecule has 1 aliphatic rings. The van der Waals surface area contributed by atoms with E-state index in [-0.39, 0.29) is 0 Å². The average Bonchev–Trinajstić information content (AvgIpc) is 3.04. The van der Waals surface area contributed by atoms with Gasteiger partial charge in [-0.3, -0.25) is 4.68 Å². The number of rotatable bonds is 1. The molecule has 3 aromatic rings. The molecule has 3 heteroatoms. The van der Waals surface area contributed by atoms with E-state index in [1.165, 1.54) is 33.2 Å². The highest BCUT2D eigenvalue weighted by Gasteiger charge is 2.11. The summed E-state index contributed by atoms with van der Waals surface area (Å²) >= 11 is 0. The minimum absolute atomic E-state index is 0.984. The van der Waals surface area contributed by atoms with Gasteiger partial charge < -0.3 is 5.32 Å². The van der Waals surface area contributed by atoms with Gasteiger partial charge in [-0.2, -0.15) is 5.10 Å². The molecule has 2 aromatic carbocycles. The molecule has 0 aliphatic carbocycles. The van der Waals surface area contributed by atoms with Crippen LogP contribution in [0.2, 0.25) is 0 Å². The molecule has 0 amide bonds. The maximum Gasteiger partial charge on any atom is 0.0679 e. The molecule has 19 heavy (non-hydrogen) atoms. The zero-order valence-electron chi connectivity index (χ0n) is 10.9. The predicted molar refractivity (Wildman–Crippen MR) is 76.7 cm³/mol. The molecule has 0 saturated heterocycles. The summed E-state index contributed by atoms with van der Waals surface area (Å²) in [5.41, 5.74) is 6.56. The van der Waals surface area contributed by atoms with Gasteiger partial charge >= 0.3 is 0 Å². The molecule has 1 aromatic heterocycles. The summed E-state index contributed by atoms with van der Waals surface area (Å²) < 4.78 is 1.91. The molecule has 3 nitrogen and oxygen atoms in total. The molecule has 0 bridgehead atoms. The lowest BCUT2D eigenvalue weighted by Crippen LogP contribution is -1.99. The Kier molecular flexibility index (Phi) is 2.23. The van der Waals surface area contributed by atoms with Crippen LogP contribution < -0.4 is 5.32 Å². The SMILES string of the molecule is Cn1ncc2cc(-c3ccc4c(c3)CNC4)ccc21. The minimum Gasteiger partial charge on any atom is -0.309 e. The van der Waals surface area contributed by atoms with Crippen LogP contribution in [0.4, 0.5) is 0 Å². The second-order valence-corrected chi connectivity index (χ2v) is 5.13. The van der Waals surface area contributed by atoms with Gasteiger partial charge in [0.05, 0.1) is 11.7 Å². The maximum atomic E-state index is 4.30. The van der Waals surface area contributed by atoms with Crippen molar-refractivity contribution in [3.63, 3.8) is 0 Å². The van der Waals surface area contributed by atoms with Crippen molar-refractivity contribution < 1.29 is 0 Å². The number of nitrogens with one attached hydrogen (secondary N) is 1. The van der Waals surface area contributed by atoms with Gasteiger partial charge in [0.25, 0.3) is 0 Å². The van der Waals surface area contributed by atoms with Crippen LogP contribution in [0.15, 0.2) is 42.6 Å². The Morgan fingerprint density at radius 1 is 1.00 bits per heavy atom. The van der Waals surface area contributed by atoms with Gasteiger partial charge in [0, 0.05) is 25.5 Å². The molecule has 0 fully saturated rings. The van der Waals surface area contributed by atoms with Crippen LogP contribution in [0.5, 0.6) is 0 Å². The number of aryl methyl sites for hydroxylation is 1. The van der Waals surface area contributed by atoms with Gasteiger partial charge in [-0.25, -0.2) is 0 Å². The van der Waals surface area contributed by atoms with Gasteiger partial charge in [-0.15, -0.1) is 0 Å². The molecule has 1 aliphatic heterocycles. The second-order valence-electron chi connectivity index (χ2n) is 5.13. The summed E-state index contributed by atoms with van der Waals surface area (Å²) in [4.78, 5) is 0. The van der Waals surface area contributed by atoms with Gasteiger partial charge in [-0.05, 0) is 40.5 Å². The Hall–Kier alpha value is -2.13. The van der Waals surface area contributed by atoms with Crippen LogP contribution >= 0.6 is 0 Å². The molecule has 94 valence electrons. The quantitative estimate of drug-likeness (QED) is 0.718. The molecule has 2 heterocycles. The Labute approximate surface area is 111 Å². The second kappa shape index (κ2) is 3.93. The molecular formula is C16H15N3. The van der Waals surface area contributed by atoms with E-state index < -0.39 is 0 Å². The largest absolute Gasteiger partial charge is 0.309 e. The van der Waals surface area contributed by atoms with E-state index in [9.17, 15) is 0 Å². The molecule has 0 unspecified atom stereocenters.